The zero-order valence-corrected chi connectivity index (χ0v) is 14.4. The van der Waals surface area contributed by atoms with E-state index < -0.39 is 0 Å². The van der Waals surface area contributed by atoms with E-state index in [1.807, 2.05) is 24.3 Å². The topological polar surface area (TPSA) is 43.8 Å². The van der Waals surface area contributed by atoms with Gasteiger partial charge in [0.2, 0.25) is 0 Å². The van der Waals surface area contributed by atoms with Crippen molar-refractivity contribution in [3.8, 4) is 5.69 Å². The Morgan fingerprint density at radius 3 is 2.42 bits per heavy atom. The molecule has 1 aromatic heterocycles. The number of nitrogens with two attached hydrogens (primary N) is 1. The molecule has 1 aromatic carbocycles. The number of benzene rings is 1. The molecule has 2 rings (SSSR count). The van der Waals surface area contributed by atoms with Crippen LogP contribution in [-0.4, -0.2) is 9.78 Å². The molecule has 0 saturated carbocycles. The predicted octanol–water partition coefficient (Wildman–Crippen LogP) is 4.57. The van der Waals surface area contributed by atoms with Gasteiger partial charge in [0.15, 0.2) is 0 Å². The Labute approximate surface area is 130 Å². The van der Waals surface area contributed by atoms with Crippen LogP contribution in [0.4, 0.5) is 5.82 Å². The van der Waals surface area contributed by atoms with Gasteiger partial charge in [-0.05, 0) is 55.8 Å². The molecule has 3 nitrogen and oxygen atoms in total. The average Bonchev–Trinajstić information content (AvgIpc) is 2.56. The fourth-order valence-electron chi connectivity index (χ4n) is 1.88. The molecular weight excluding hydrogens is 370 g/mol. The normalized spacial score (nSPS) is 11.8. The van der Waals surface area contributed by atoms with Crippen LogP contribution in [0, 0.1) is 5.41 Å². The van der Waals surface area contributed by atoms with Crippen molar-refractivity contribution in [2.45, 2.75) is 27.2 Å². The van der Waals surface area contributed by atoms with Crippen LogP contribution in [-0.2, 0) is 6.42 Å². The average molecular weight is 387 g/mol. The second kappa shape index (κ2) is 5.29. The summed E-state index contributed by atoms with van der Waals surface area (Å²) in [6, 6.07) is 7.91. The molecule has 1 heterocycles. The quantitative estimate of drug-likeness (QED) is 0.821. The minimum Gasteiger partial charge on any atom is -0.383 e. The lowest BCUT2D eigenvalue weighted by Gasteiger charge is -2.16. The van der Waals surface area contributed by atoms with E-state index in [-0.39, 0.29) is 5.41 Å². The van der Waals surface area contributed by atoms with Crippen LogP contribution in [0.3, 0.4) is 0 Å². The molecule has 0 saturated heterocycles. The molecule has 0 amide bonds. The third-order valence-electron chi connectivity index (χ3n) is 2.71. The van der Waals surface area contributed by atoms with Crippen LogP contribution in [0.5, 0.6) is 0 Å². The summed E-state index contributed by atoms with van der Waals surface area (Å²) >= 11 is 7.08. The second-order valence-corrected chi connectivity index (χ2v) is 7.39. The van der Waals surface area contributed by atoms with E-state index in [1.165, 1.54) is 0 Å². The first kappa shape index (κ1) is 14.6. The van der Waals surface area contributed by atoms with Crippen molar-refractivity contribution in [1.82, 2.24) is 9.78 Å². The van der Waals surface area contributed by atoms with Crippen LogP contribution >= 0.6 is 31.9 Å². The summed E-state index contributed by atoms with van der Waals surface area (Å²) in [6.45, 7) is 6.56. The summed E-state index contributed by atoms with van der Waals surface area (Å²) in [7, 11) is 0. The lowest BCUT2D eigenvalue weighted by Crippen LogP contribution is -2.10. The Morgan fingerprint density at radius 2 is 1.84 bits per heavy atom. The molecular formula is C14H17Br2N3. The molecule has 0 radical (unpaired) electrons. The highest BCUT2D eigenvalue weighted by Crippen LogP contribution is 2.32. The van der Waals surface area contributed by atoms with Crippen molar-refractivity contribution in [1.29, 1.82) is 0 Å². The number of hydrogen-bond donors (Lipinski definition) is 1. The van der Waals surface area contributed by atoms with Gasteiger partial charge in [0.05, 0.1) is 15.9 Å². The van der Waals surface area contributed by atoms with Crippen molar-refractivity contribution in [2.24, 2.45) is 5.41 Å². The van der Waals surface area contributed by atoms with Crippen LogP contribution in [0.25, 0.3) is 5.69 Å². The van der Waals surface area contributed by atoms with Crippen LogP contribution in [0.15, 0.2) is 33.2 Å². The van der Waals surface area contributed by atoms with Gasteiger partial charge in [-0.2, -0.15) is 5.10 Å². The number of hydrogen-bond acceptors (Lipinski definition) is 2. The molecule has 19 heavy (non-hydrogen) atoms. The maximum atomic E-state index is 6.16. The summed E-state index contributed by atoms with van der Waals surface area (Å²) in [4.78, 5) is 0. The molecule has 0 fully saturated rings. The molecule has 0 unspecified atom stereocenters. The largest absolute Gasteiger partial charge is 0.383 e. The summed E-state index contributed by atoms with van der Waals surface area (Å²) < 4.78 is 3.63. The Kier molecular flexibility index (Phi) is 4.06. The number of aromatic nitrogens is 2. The highest BCUT2D eigenvalue weighted by Gasteiger charge is 2.20. The third-order valence-corrected chi connectivity index (χ3v) is 4.24. The maximum absolute atomic E-state index is 6.16. The first-order chi connectivity index (χ1) is 8.79. The van der Waals surface area contributed by atoms with Crippen molar-refractivity contribution in [3.63, 3.8) is 0 Å². The van der Waals surface area contributed by atoms with Gasteiger partial charge in [0.25, 0.3) is 0 Å². The summed E-state index contributed by atoms with van der Waals surface area (Å²) in [5, 5.41) is 4.64. The molecule has 0 aliphatic rings. The summed E-state index contributed by atoms with van der Waals surface area (Å²) in [6.07, 6.45) is 0.870. The van der Waals surface area contributed by atoms with Gasteiger partial charge in [-0.3, -0.25) is 0 Å². The van der Waals surface area contributed by atoms with E-state index in [9.17, 15) is 0 Å². The molecule has 0 aliphatic carbocycles. The van der Waals surface area contributed by atoms with Crippen molar-refractivity contribution in [3.05, 3.63) is 38.9 Å². The highest BCUT2D eigenvalue weighted by molar-refractivity contribution is 9.11. The van der Waals surface area contributed by atoms with Gasteiger partial charge < -0.3 is 5.73 Å². The molecule has 0 atom stereocenters. The molecule has 0 bridgehead atoms. The standard InChI is InChI=1S/C14H17Br2N3/c1-14(2,3)8-10-12(16)13(17)19(18-10)11-7-5-4-6-9(11)15/h4-7H,8,17H2,1-3H3. The Bertz CT molecular complexity index is 597. The molecule has 2 N–H and O–H groups in total. The van der Waals surface area contributed by atoms with Crippen LogP contribution < -0.4 is 5.73 Å². The SMILES string of the molecule is CC(C)(C)Cc1nn(-c2ccccc2Br)c(N)c1Br. The number of anilines is 1. The zero-order chi connectivity index (χ0) is 14.2. The zero-order valence-electron chi connectivity index (χ0n) is 11.2. The minimum atomic E-state index is 0.169. The highest BCUT2D eigenvalue weighted by atomic mass is 79.9. The van der Waals surface area contributed by atoms with E-state index in [0.29, 0.717) is 5.82 Å². The smallest absolute Gasteiger partial charge is 0.141 e. The monoisotopic (exact) mass is 385 g/mol. The maximum Gasteiger partial charge on any atom is 0.141 e. The van der Waals surface area contributed by atoms with Crippen LogP contribution in [0.1, 0.15) is 26.5 Å². The number of para-hydroxylation sites is 1. The predicted molar refractivity (Wildman–Crippen MR) is 86.5 cm³/mol. The van der Waals surface area contributed by atoms with Crippen molar-refractivity contribution >= 4 is 37.7 Å². The van der Waals surface area contributed by atoms with E-state index in [4.69, 9.17) is 5.73 Å². The first-order valence-corrected chi connectivity index (χ1v) is 7.66. The van der Waals surface area contributed by atoms with E-state index in [0.717, 1.165) is 26.7 Å². The summed E-state index contributed by atoms with van der Waals surface area (Å²) in [5.41, 5.74) is 8.26. The second-order valence-electron chi connectivity index (χ2n) is 5.75. The van der Waals surface area contributed by atoms with Crippen LogP contribution in [0.2, 0.25) is 0 Å². The molecule has 5 heteroatoms. The first-order valence-electron chi connectivity index (χ1n) is 6.07. The molecule has 0 aliphatic heterocycles. The number of halogens is 2. The fraction of sp³-hybridized carbons (Fsp3) is 0.357. The Hall–Kier alpha value is -0.810. The lowest BCUT2D eigenvalue weighted by atomic mass is 9.91. The number of nitrogen functional groups attached to an aromatic ring is 1. The summed E-state index contributed by atoms with van der Waals surface area (Å²) in [5.74, 6) is 0.631. The molecule has 102 valence electrons. The van der Waals surface area contributed by atoms with Gasteiger partial charge in [-0.25, -0.2) is 4.68 Å². The van der Waals surface area contributed by atoms with Gasteiger partial charge >= 0.3 is 0 Å². The van der Waals surface area contributed by atoms with Crippen molar-refractivity contribution in [2.75, 3.05) is 5.73 Å². The fourth-order valence-corrected chi connectivity index (χ4v) is 2.72. The molecule has 0 spiro atoms. The van der Waals surface area contributed by atoms with Crippen molar-refractivity contribution < 1.29 is 0 Å². The third kappa shape index (κ3) is 3.20. The Balaban J connectivity index is 2.50. The van der Waals surface area contributed by atoms with Gasteiger partial charge in [0.1, 0.15) is 5.82 Å². The van der Waals surface area contributed by atoms with E-state index >= 15 is 0 Å². The van der Waals surface area contributed by atoms with Gasteiger partial charge in [-0.1, -0.05) is 32.9 Å². The lowest BCUT2D eigenvalue weighted by molar-refractivity contribution is 0.404. The van der Waals surface area contributed by atoms with Gasteiger partial charge in [-0.15, -0.1) is 0 Å². The van der Waals surface area contributed by atoms with E-state index in [2.05, 4.69) is 57.7 Å². The Morgan fingerprint density at radius 1 is 1.21 bits per heavy atom. The van der Waals surface area contributed by atoms with E-state index in [1.54, 1.807) is 4.68 Å². The molecule has 2 aromatic rings. The minimum absolute atomic E-state index is 0.169. The number of nitrogens with zero attached hydrogens (tertiary/aromatic N) is 2. The van der Waals surface area contributed by atoms with Gasteiger partial charge in [0, 0.05) is 4.47 Å². The number of rotatable bonds is 2.